The summed E-state index contributed by atoms with van der Waals surface area (Å²) in [5.74, 6) is -0.301. The quantitative estimate of drug-likeness (QED) is 0.523. The van der Waals surface area contributed by atoms with E-state index >= 15 is 0 Å². The van der Waals surface area contributed by atoms with E-state index in [0.29, 0.717) is 12.0 Å². The normalized spacial score (nSPS) is 24.9. The van der Waals surface area contributed by atoms with Gasteiger partial charge in [0.2, 0.25) is 0 Å². The molecule has 3 aromatic rings. The Morgan fingerprint density at radius 3 is 2.72 bits per heavy atom. The Bertz CT molecular complexity index is 1030. The van der Waals surface area contributed by atoms with Crippen LogP contribution in [0.2, 0.25) is 0 Å². The van der Waals surface area contributed by atoms with Crippen molar-refractivity contribution < 1.29 is 29.6 Å². The number of aliphatic hydroxyl groups excluding tert-OH is 3. The molecular weight excluding hydrogens is 395 g/mol. The second-order valence-electron chi connectivity index (χ2n) is 7.56. The minimum absolute atomic E-state index is 0.0282. The highest BCUT2D eigenvalue weighted by molar-refractivity contribution is 7.19. The van der Waals surface area contributed by atoms with Gasteiger partial charge >= 0.3 is 0 Å². The van der Waals surface area contributed by atoms with Gasteiger partial charge in [-0.1, -0.05) is 0 Å². The van der Waals surface area contributed by atoms with Crippen LogP contribution in [0.5, 0.6) is 5.75 Å². The number of fused-ring (bicyclic) bond motifs is 1. The molecule has 1 fully saturated rings. The number of phenolic OH excluding ortho intramolecular Hbond substituents is 1. The van der Waals surface area contributed by atoms with Crippen molar-refractivity contribution in [2.24, 2.45) is 0 Å². The molecule has 0 amide bonds. The zero-order chi connectivity index (χ0) is 20.7. The largest absolute Gasteiger partial charge is 0.508 e. The standard InChI is InChI=1S/C22H23FO5S/c1-11-4-18(25)17(22-21(27)19(26)9-15(10-24)28-22)8-12(11)6-16-7-13-5-14(23)2-3-20(13)29-16/h2-5,7-8,15,19,21-22,24-27H,6,9-10H2,1H3/t15-,19-,21+,22-/m0/s1. The molecule has 0 aliphatic carbocycles. The SMILES string of the molecule is Cc1cc(O)c([C@@H]2O[C@H](CO)C[C@H](O)[C@H]2O)cc1Cc1cc2cc(F)ccc2s1. The van der Waals surface area contributed by atoms with Crippen LogP contribution in [-0.4, -0.2) is 45.3 Å². The van der Waals surface area contributed by atoms with Crippen LogP contribution < -0.4 is 0 Å². The zero-order valence-corrected chi connectivity index (χ0v) is 16.7. The second kappa shape index (κ2) is 8.01. The average molecular weight is 418 g/mol. The van der Waals surface area contributed by atoms with Crippen molar-refractivity contribution in [3.8, 4) is 5.75 Å². The average Bonchev–Trinajstić information content (AvgIpc) is 3.07. The molecule has 4 rings (SSSR count). The Kier molecular flexibility index (Phi) is 5.59. The first-order valence-corrected chi connectivity index (χ1v) is 10.3. The number of ether oxygens (including phenoxy) is 1. The fraction of sp³-hybridized carbons (Fsp3) is 0.364. The summed E-state index contributed by atoms with van der Waals surface area (Å²) >= 11 is 1.58. The first-order valence-electron chi connectivity index (χ1n) is 9.48. The van der Waals surface area contributed by atoms with Gasteiger partial charge in [0.25, 0.3) is 0 Å². The molecular formula is C22H23FO5S. The smallest absolute Gasteiger partial charge is 0.123 e. The highest BCUT2D eigenvalue weighted by atomic mass is 32.1. The maximum absolute atomic E-state index is 13.5. The molecule has 5 nitrogen and oxygen atoms in total. The van der Waals surface area contributed by atoms with E-state index in [1.807, 2.05) is 13.0 Å². The lowest BCUT2D eigenvalue weighted by Gasteiger charge is -2.37. The van der Waals surface area contributed by atoms with Crippen LogP contribution in [0.4, 0.5) is 4.39 Å². The number of aryl methyl sites for hydroxylation is 1. The molecule has 0 unspecified atom stereocenters. The highest BCUT2D eigenvalue weighted by Gasteiger charge is 2.38. The summed E-state index contributed by atoms with van der Waals surface area (Å²) in [6, 6.07) is 10.0. The lowest BCUT2D eigenvalue weighted by Crippen LogP contribution is -2.44. The van der Waals surface area contributed by atoms with Crippen molar-refractivity contribution in [2.45, 2.75) is 44.2 Å². The molecule has 1 aliphatic rings. The minimum atomic E-state index is -1.20. The molecule has 0 spiro atoms. The van der Waals surface area contributed by atoms with Crippen molar-refractivity contribution in [3.05, 3.63) is 63.8 Å². The van der Waals surface area contributed by atoms with Crippen molar-refractivity contribution in [1.29, 1.82) is 0 Å². The lowest BCUT2D eigenvalue weighted by molar-refractivity contribution is -0.180. The molecule has 7 heteroatoms. The van der Waals surface area contributed by atoms with Gasteiger partial charge in [0.15, 0.2) is 0 Å². The van der Waals surface area contributed by atoms with Gasteiger partial charge < -0.3 is 25.2 Å². The van der Waals surface area contributed by atoms with Crippen LogP contribution in [0, 0.1) is 12.7 Å². The summed E-state index contributed by atoms with van der Waals surface area (Å²) < 4.78 is 20.2. The Morgan fingerprint density at radius 2 is 1.97 bits per heavy atom. The van der Waals surface area contributed by atoms with E-state index in [9.17, 15) is 24.8 Å². The fourth-order valence-electron chi connectivity index (χ4n) is 3.85. The molecule has 1 aliphatic heterocycles. The Labute approximate surface area is 171 Å². The number of aromatic hydroxyl groups is 1. The first kappa shape index (κ1) is 20.3. The number of hydrogen-bond acceptors (Lipinski definition) is 6. The van der Waals surface area contributed by atoms with E-state index in [-0.39, 0.29) is 24.6 Å². The molecule has 1 saturated heterocycles. The molecule has 29 heavy (non-hydrogen) atoms. The van der Waals surface area contributed by atoms with Gasteiger partial charge in [0.1, 0.15) is 23.8 Å². The van der Waals surface area contributed by atoms with Crippen molar-refractivity contribution in [3.63, 3.8) is 0 Å². The molecule has 1 aromatic heterocycles. The number of aliphatic hydroxyl groups is 3. The Hall–Kier alpha value is -2.03. The Balaban J connectivity index is 1.67. The van der Waals surface area contributed by atoms with Crippen LogP contribution in [0.25, 0.3) is 10.1 Å². The third kappa shape index (κ3) is 4.01. The Morgan fingerprint density at radius 1 is 1.17 bits per heavy atom. The van der Waals surface area contributed by atoms with Crippen LogP contribution in [0.3, 0.4) is 0 Å². The fourth-order valence-corrected chi connectivity index (χ4v) is 4.92. The summed E-state index contributed by atoms with van der Waals surface area (Å²) in [5, 5.41) is 41.2. The number of thiophene rings is 1. The van der Waals surface area contributed by atoms with Crippen LogP contribution in [-0.2, 0) is 11.2 Å². The van der Waals surface area contributed by atoms with Gasteiger partial charge in [-0.15, -0.1) is 11.3 Å². The maximum Gasteiger partial charge on any atom is 0.123 e. The van der Waals surface area contributed by atoms with Crippen LogP contribution in [0.1, 0.15) is 34.1 Å². The van der Waals surface area contributed by atoms with Crippen LogP contribution >= 0.6 is 11.3 Å². The molecule has 2 heterocycles. The van der Waals surface area contributed by atoms with Gasteiger partial charge in [-0.3, -0.25) is 0 Å². The lowest BCUT2D eigenvalue weighted by atomic mass is 9.90. The molecule has 4 atom stereocenters. The van der Waals surface area contributed by atoms with E-state index in [1.165, 1.54) is 12.1 Å². The van der Waals surface area contributed by atoms with Crippen LogP contribution in [0.15, 0.2) is 36.4 Å². The molecule has 0 bridgehead atoms. The number of phenols is 1. The predicted octanol–water partition coefficient (Wildman–Crippen LogP) is 3.19. The zero-order valence-electron chi connectivity index (χ0n) is 15.9. The summed E-state index contributed by atoms with van der Waals surface area (Å²) in [6.45, 7) is 1.60. The number of halogens is 1. The van der Waals surface area contributed by atoms with E-state index in [4.69, 9.17) is 4.74 Å². The van der Waals surface area contributed by atoms with Gasteiger partial charge in [-0.2, -0.15) is 0 Å². The summed E-state index contributed by atoms with van der Waals surface area (Å²) in [5.41, 5.74) is 2.18. The summed E-state index contributed by atoms with van der Waals surface area (Å²) in [4.78, 5) is 1.05. The number of hydrogen-bond donors (Lipinski definition) is 4. The van der Waals surface area contributed by atoms with Gasteiger partial charge in [-0.05, 0) is 59.8 Å². The van der Waals surface area contributed by atoms with Crippen molar-refractivity contribution in [2.75, 3.05) is 6.61 Å². The number of rotatable bonds is 4. The van der Waals surface area contributed by atoms with Gasteiger partial charge in [-0.25, -0.2) is 4.39 Å². The minimum Gasteiger partial charge on any atom is -0.508 e. The van der Waals surface area contributed by atoms with Crippen molar-refractivity contribution in [1.82, 2.24) is 0 Å². The summed E-state index contributed by atoms with van der Waals surface area (Å²) in [6.07, 6.45) is -3.09. The van der Waals surface area contributed by atoms with Crippen molar-refractivity contribution >= 4 is 21.4 Å². The van der Waals surface area contributed by atoms with E-state index in [1.54, 1.807) is 29.5 Å². The first-order chi connectivity index (χ1) is 13.9. The summed E-state index contributed by atoms with van der Waals surface area (Å²) in [7, 11) is 0. The molecule has 4 N–H and O–H groups in total. The molecule has 2 aromatic carbocycles. The van der Waals surface area contributed by atoms with E-state index < -0.39 is 24.4 Å². The third-order valence-electron chi connectivity index (χ3n) is 5.44. The third-order valence-corrected chi connectivity index (χ3v) is 6.55. The molecule has 0 radical (unpaired) electrons. The van der Waals surface area contributed by atoms with E-state index in [0.717, 1.165) is 26.1 Å². The predicted molar refractivity (Wildman–Crippen MR) is 109 cm³/mol. The highest BCUT2D eigenvalue weighted by Crippen LogP contribution is 2.38. The maximum atomic E-state index is 13.5. The van der Waals surface area contributed by atoms with Gasteiger partial charge in [0, 0.05) is 28.0 Å². The molecule has 0 saturated carbocycles. The molecule has 154 valence electrons. The monoisotopic (exact) mass is 418 g/mol. The topological polar surface area (TPSA) is 90.2 Å². The van der Waals surface area contributed by atoms with E-state index in [2.05, 4.69) is 0 Å². The van der Waals surface area contributed by atoms with Gasteiger partial charge in [0.05, 0.1) is 18.8 Å². The second-order valence-corrected chi connectivity index (χ2v) is 8.73. The number of benzene rings is 2.